The molecular formula is C18H21ClN4O. The Hall–Kier alpha value is -2.01. The predicted molar refractivity (Wildman–Crippen MR) is 94.7 cm³/mol. The first-order valence-corrected chi connectivity index (χ1v) is 8.83. The Morgan fingerprint density at radius 3 is 2.88 bits per heavy atom. The van der Waals surface area contributed by atoms with Crippen LogP contribution < -0.4 is 10.2 Å². The van der Waals surface area contributed by atoms with Gasteiger partial charge in [-0.3, -0.25) is 9.48 Å². The summed E-state index contributed by atoms with van der Waals surface area (Å²) in [5, 5.41) is 8.36. The number of nitrogens with zero attached hydrogens (tertiary/aromatic N) is 3. The Bertz CT molecular complexity index is 768. The lowest BCUT2D eigenvalue weighted by atomic mass is 10.2. The van der Waals surface area contributed by atoms with E-state index in [1.54, 1.807) is 4.68 Å². The minimum absolute atomic E-state index is 0.0326. The predicted octanol–water partition coefficient (Wildman–Crippen LogP) is 2.96. The molecular weight excluding hydrogens is 324 g/mol. The number of hydrogen-bond acceptors (Lipinski definition) is 3. The molecule has 2 aromatic rings. The van der Waals surface area contributed by atoms with Crippen molar-refractivity contribution in [1.29, 1.82) is 0 Å². The molecule has 4 rings (SSSR count). The van der Waals surface area contributed by atoms with Crippen molar-refractivity contribution in [3.8, 4) is 0 Å². The molecule has 0 radical (unpaired) electrons. The van der Waals surface area contributed by atoms with E-state index < -0.39 is 0 Å². The highest BCUT2D eigenvalue weighted by molar-refractivity contribution is 6.30. The number of benzene rings is 1. The Morgan fingerprint density at radius 2 is 2.12 bits per heavy atom. The molecule has 1 aromatic heterocycles. The van der Waals surface area contributed by atoms with Crippen molar-refractivity contribution in [3.63, 3.8) is 0 Å². The maximum absolute atomic E-state index is 12.6. The fourth-order valence-electron chi connectivity index (χ4n) is 3.33. The normalized spacial score (nSPS) is 20.4. The lowest BCUT2D eigenvalue weighted by molar-refractivity contribution is 0.0931. The molecule has 24 heavy (non-hydrogen) atoms. The smallest absolute Gasteiger partial charge is 0.269 e. The number of nitrogens with one attached hydrogen (secondary N) is 1. The second kappa shape index (κ2) is 6.13. The van der Waals surface area contributed by atoms with Gasteiger partial charge >= 0.3 is 0 Å². The maximum Gasteiger partial charge on any atom is 0.269 e. The van der Waals surface area contributed by atoms with Gasteiger partial charge in [-0.15, -0.1) is 0 Å². The van der Waals surface area contributed by atoms with E-state index in [0.717, 1.165) is 35.9 Å². The molecule has 1 aliphatic carbocycles. The van der Waals surface area contributed by atoms with Crippen LogP contribution in [0.2, 0.25) is 5.02 Å². The summed E-state index contributed by atoms with van der Waals surface area (Å²) in [6.07, 6.45) is 3.32. The van der Waals surface area contributed by atoms with Crippen molar-refractivity contribution < 1.29 is 4.79 Å². The van der Waals surface area contributed by atoms with E-state index in [9.17, 15) is 4.79 Å². The van der Waals surface area contributed by atoms with Gasteiger partial charge in [0.25, 0.3) is 5.91 Å². The molecule has 0 spiro atoms. The molecule has 2 aliphatic rings. The molecule has 6 heteroatoms. The van der Waals surface area contributed by atoms with Crippen LogP contribution in [0, 0.1) is 0 Å². The number of aromatic nitrogens is 2. The number of hydrogen-bond donors (Lipinski definition) is 1. The minimum atomic E-state index is -0.0326. The van der Waals surface area contributed by atoms with Gasteiger partial charge in [-0.2, -0.15) is 5.10 Å². The number of halogens is 1. The van der Waals surface area contributed by atoms with Gasteiger partial charge in [0.2, 0.25) is 0 Å². The number of amides is 1. The minimum Gasteiger partial charge on any atom is -0.369 e. The summed E-state index contributed by atoms with van der Waals surface area (Å²) in [6, 6.07) is 9.94. The van der Waals surface area contributed by atoms with Crippen LogP contribution in [0.5, 0.6) is 0 Å². The van der Waals surface area contributed by atoms with Crippen LogP contribution in [0.15, 0.2) is 30.3 Å². The second-order valence-corrected chi connectivity index (χ2v) is 7.17. The standard InChI is InChI=1S/C18H21ClN4O/c1-22-17(10-16(21-22)12-5-6-12)18(24)20-14-7-8-23(11-14)15-4-2-3-13(19)9-15/h2-4,9-10,12,14H,5-8,11H2,1H3,(H,20,24). The summed E-state index contributed by atoms with van der Waals surface area (Å²) in [4.78, 5) is 14.8. The third-order valence-corrected chi connectivity index (χ3v) is 5.06. The van der Waals surface area contributed by atoms with Gasteiger partial charge < -0.3 is 10.2 Å². The summed E-state index contributed by atoms with van der Waals surface area (Å²) >= 11 is 6.07. The highest BCUT2D eigenvalue weighted by atomic mass is 35.5. The van der Waals surface area contributed by atoms with E-state index in [1.807, 2.05) is 31.3 Å². The van der Waals surface area contributed by atoms with Crippen LogP contribution in [-0.4, -0.2) is 34.8 Å². The van der Waals surface area contributed by atoms with Crippen molar-refractivity contribution in [2.24, 2.45) is 7.05 Å². The summed E-state index contributed by atoms with van der Waals surface area (Å²) in [7, 11) is 1.84. The second-order valence-electron chi connectivity index (χ2n) is 6.74. The molecule has 0 bridgehead atoms. The molecule has 1 N–H and O–H groups in total. The van der Waals surface area contributed by atoms with Crippen LogP contribution in [0.25, 0.3) is 0 Å². The number of rotatable bonds is 4. The third kappa shape index (κ3) is 3.13. The number of aryl methyl sites for hydroxylation is 1. The molecule has 2 heterocycles. The maximum atomic E-state index is 12.6. The SMILES string of the molecule is Cn1nc(C2CC2)cc1C(=O)NC1CCN(c2cccc(Cl)c2)C1. The first-order valence-electron chi connectivity index (χ1n) is 8.45. The van der Waals surface area contributed by atoms with Crippen molar-refractivity contribution in [1.82, 2.24) is 15.1 Å². The zero-order valence-corrected chi connectivity index (χ0v) is 14.5. The molecule has 1 saturated heterocycles. The monoisotopic (exact) mass is 344 g/mol. The van der Waals surface area contributed by atoms with Crippen molar-refractivity contribution in [2.75, 3.05) is 18.0 Å². The van der Waals surface area contributed by atoms with Gasteiger partial charge in [-0.1, -0.05) is 17.7 Å². The van der Waals surface area contributed by atoms with Gasteiger partial charge in [0.05, 0.1) is 5.69 Å². The fraction of sp³-hybridized carbons (Fsp3) is 0.444. The topological polar surface area (TPSA) is 50.2 Å². The van der Waals surface area contributed by atoms with E-state index >= 15 is 0 Å². The van der Waals surface area contributed by atoms with Crippen LogP contribution in [0.4, 0.5) is 5.69 Å². The van der Waals surface area contributed by atoms with Gasteiger partial charge in [0, 0.05) is 42.8 Å². The van der Waals surface area contributed by atoms with Crippen molar-refractivity contribution >= 4 is 23.2 Å². The van der Waals surface area contributed by atoms with E-state index in [2.05, 4.69) is 21.4 Å². The quantitative estimate of drug-likeness (QED) is 0.927. The highest BCUT2D eigenvalue weighted by Crippen LogP contribution is 2.39. The van der Waals surface area contributed by atoms with E-state index in [-0.39, 0.29) is 11.9 Å². The summed E-state index contributed by atoms with van der Waals surface area (Å²) in [5.41, 5.74) is 2.81. The Morgan fingerprint density at radius 1 is 1.29 bits per heavy atom. The average molecular weight is 345 g/mol. The van der Waals surface area contributed by atoms with E-state index in [0.29, 0.717) is 11.6 Å². The van der Waals surface area contributed by atoms with Gasteiger partial charge in [-0.25, -0.2) is 0 Å². The van der Waals surface area contributed by atoms with Crippen LogP contribution in [0.1, 0.15) is 41.4 Å². The zero-order chi connectivity index (χ0) is 16.7. The first-order chi connectivity index (χ1) is 11.6. The summed E-state index contributed by atoms with van der Waals surface area (Å²) in [5.74, 6) is 0.525. The molecule has 1 saturated carbocycles. The molecule has 1 atom stereocenters. The number of anilines is 1. The first kappa shape index (κ1) is 15.5. The number of carbonyl (C=O) groups is 1. The van der Waals surface area contributed by atoms with E-state index in [4.69, 9.17) is 11.6 Å². The fourth-order valence-corrected chi connectivity index (χ4v) is 3.51. The molecule has 5 nitrogen and oxygen atoms in total. The molecule has 126 valence electrons. The van der Waals surface area contributed by atoms with Gasteiger partial charge in [0.1, 0.15) is 5.69 Å². The highest BCUT2D eigenvalue weighted by Gasteiger charge is 2.29. The summed E-state index contributed by atoms with van der Waals surface area (Å²) in [6.45, 7) is 1.73. The Labute approximate surface area is 146 Å². The zero-order valence-electron chi connectivity index (χ0n) is 13.7. The molecule has 1 unspecified atom stereocenters. The Balaban J connectivity index is 1.40. The Kier molecular flexibility index (Phi) is 3.96. The van der Waals surface area contributed by atoms with Gasteiger partial charge in [-0.05, 0) is 43.5 Å². The molecule has 1 aromatic carbocycles. The van der Waals surface area contributed by atoms with Gasteiger partial charge in [0.15, 0.2) is 0 Å². The molecule has 1 aliphatic heterocycles. The lowest BCUT2D eigenvalue weighted by Gasteiger charge is -2.19. The molecule has 2 fully saturated rings. The third-order valence-electron chi connectivity index (χ3n) is 4.82. The van der Waals surface area contributed by atoms with Crippen molar-refractivity contribution in [3.05, 3.63) is 46.7 Å². The van der Waals surface area contributed by atoms with Crippen molar-refractivity contribution in [2.45, 2.75) is 31.2 Å². The number of carbonyl (C=O) groups excluding carboxylic acids is 1. The summed E-state index contributed by atoms with van der Waals surface area (Å²) < 4.78 is 1.70. The lowest BCUT2D eigenvalue weighted by Crippen LogP contribution is -2.37. The van der Waals surface area contributed by atoms with Crippen LogP contribution in [-0.2, 0) is 7.05 Å². The van der Waals surface area contributed by atoms with Crippen LogP contribution in [0.3, 0.4) is 0 Å². The molecule has 1 amide bonds. The largest absolute Gasteiger partial charge is 0.369 e. The van der Waals surface area contributed by atoms with Crippen LogP contribution >= 0.6 is 11.6 Å². The van der Waals surface area contributed by atoms with E-state index in [1.165, 1.54) is 12.8 Å². The average Bonchev–Trinajstić information content (AvgIpc) is 3.18.